The lowest BCUT2D eigenvalue weighted by Crippen LogP contribution is -3.07. The zero-order valence-electron chi connectivity index (χ0n) is 11.3. The highest BCUT2D eigenvalue weighted by atomic mass is 16.1. The fourth-order valence-corrected chi connectivity index (χ4v) is 5.04. The van der Waals surface area contributed by atoms with Crippen LogP contribution in [0, 0.1) is 23.2 Å². The van der Waals surface area contributed by atoms with Crippen molar-refractivity contribution in [3.8, 4) is 0 Å². The molecule has 4 bridgehead atoms. The van der Waals surface area contributed by atoms with E-state index in [4.69, 9.17) is 0 Å². The van der Waals surface area contributed by atoms with Gasteiger partial charge in [0.1, 0.15) is 6.54 Å². The van der Waals surface area contributed by atoms with Gasteiger partial charge >= 0.3 is 0 Å². The number of hydrogen-bond acceptors (Lipinski definition) is 1. The second-order valence-corrected chi connectivity index (χ2v) is 7.35. The summed E-state index contributed by atoms with van der Waals surface area (Å²) in [6.07, 6.45) is 9.36. The van der Waals surface area contributed by atoms with Crippen LogP contribution in [-0.2, 0) is 4.79 Å². The van der Waals surface area contributed by atoms with E-state index >= 15 is 0 Å². The third kappa shape index (κ3) is 2.05. The van der Waals surface area contributed by atoms with E-state index < -0.39 is 0 Å². The van der Waals surface area contributed by atoms with Gasteiger partial charge in [-0.15, -0.1) is 0 Å². The Morgan fingerprint density at radius 1 is 1.06 bits per heavy atom. The highest BCUT2D eigenvalue weighted by molar-refractivity contribution is 5.86. The fourth-order valence-electron chi connectivity index (χ4n) is 5.04. The molecule has 17 heavy (non-hydrogen) atoms. The van der Waals surface area contributed by atoms with Gasteiger partial charge in [0.05, 0.1) is 14.1 Å². The molecule has 96 valence electrons. The summed E-state index contributed by atoms with van der Waals surface area (Å²) in [5.41, 5.74) is 0.115. The first-order chi connectivity index (χ1) is 8.07. The van der Waals surface area contributed by atoms with Crippen LogP contribution in [0.5, 0.6) is 0 Å². The molecule has 1 N–H and O–H groups in total. The van der Waals surface area contributed by atoms with Crippen molar-refractivity contribution in [2.75, 3.05) is 20.6 Å². The summed E-state index contributed by atoms with van der Waals surface area (Å²) in [6, 6.07) is 0. The number of rotatable bonds is 3. The molecule has 0 aliphatic heterocycles. The zero-order chi connectivity index (χ0) is 12.0. The number of fused-ring (bicyclic) bond motifs is 1. The lowest BCUT2D eigenvalue weighted by molar-refractivity contribution is -0.849. The highest BCUT2D eigenvalue weighted by Gasteiger charge is 2.52. The lowest BCUT2D eigenvalue weighted by atomic mass is 9.57. The molecule has 2 nitrogen and oxygen atoms in total. The molecule has 4 aliphatic carbocycles. The monoisotopic (exact) mass is 236 g/mol. The molecule has 0 radical (unpaired) electrons. The third-order valence-electron chi connectivity index (χ3n) is 5.46. The maximum atomic E-state index is 12.6. The molecule has 0 aromatic rings. The first kappa shape index (κ1) is 11.7. The SMILES string of the molecule is C[NH+](C)CC(=O)C12CC3C[C@@H](CC[C@@H](C3)C1)C2. The smallest absolute Gasteiger partial charge is 0.192 e. The number of hydrogen-bond donors (Lipinski definition) is 1. The quantitative estimate of drug-likeness (QED) is 0.784. The Morgan fingerprint density at radius 2 is 1.59 bits per heavy atom. The van der Waals surface area contributed by atoms with Crippen molar-refractivity contribution in [2.45, 2.75) is 44.9 Å². The molecule has 4 fully saturated rings. The number of nitrogens with one attached hydrogen (secondary N) is 1. The molecule has 4 aliphatic rings. The minimum atomic E-state index is 0.115. The summed E-state index contributed by atoms with van der Waals surface area (Å²) in [6.45, 7) is 0.742. The summed E-state index contributed by atoms with van der Waals surface area (Å²) in [7, 11) is 4.21. The van der Waals surface area contributed by atoms with Crippen LogP contribution >= 0.6 is 0 Å². The summed E-state index contributed by atoms with van der Waals surface area (Å²) in [5.74, 6) is 3.22. The lowest BCUT2D eigenvalue weighted by Gasteiger charge is -2.47. The van der Waals surface area contributed by atoms with Crippen LogP contribution in [0.1, 0.15) is 44.9 Å². The van der Waals surface area contributed by atoms with Gasteiger partial charge in [-0.3, -0.25) is 4.79 Å². The minimum Gasteiger partial charge on any atom is -0.334 e. The Morgan fingerprint density at radius 3 is 2.12 bits per heavy atom. The van der Waals surface area contributed by atoms with Crippen molar-refractivity contribution >= 4 is 5.78 Å². The van der Waals surface area contributed by atoms with Crippen molar-refractivity contribution < 1.29 is 9.69 Å². The van der Waals surface area contributed by atoms with Crippen LogP contribution < -0.4 is 4.90 Å². The largest absolute Gasteiger partial charge is 0.334 e. The molecule has 2 heteroatoms. The van der Waals surface area contributed by atoms with Gasteiger partial charge in [-0.2, -0.15) is 0 Å². The van der Waals surface area contributed by atoms with E-state index in [1.165, 1.54) is 49.8 Å². The van der Waals surface area contributed by atoms with E-state index in [9.17, 15) is 4.79 Å². The number of Topliss-reactive ketones (excluding diaryl/α,β-unsaturated/α-hetero) is 1. The predicted octanol–water partition coefficient (Wildman–Crippen LogP) is 1.31. The average molecular weight is 236 g/mol. The molecule has 0 saturated heterocycles. The number of likely N-dealkylation sites (N-methyl/N-ethyl adjacent to an activating group) is 1. The van der Waals surface area contributed by atoms with E-state index in [0.29, 0.717) is 5.78 Å². The van der Waals surface area contributed by atoms with Crippen molar-refractivity contribution in [3.05, 3.63) is 0 Å². The Balaban J connectivity index is 1.84. The molecule has 0 heterocycles. The Kier molecular flexibility index (Phi) is 2.81. The van der Waals surface area contributed by atoms with Gasteiger partial charge in [-0.25, -0.2) is 0 Å². The van der Waals surface area contributed by atoms with Gasteiger partial charge in [0, 0.05) is 5.41 Å². The summed E-state index contributed by atoms with van der Waals surface area (Å²) >= 11 is 0. The molecular formula is C15H26NO+. The van der Waals surface area contributed by atoms with E-state index in [1.807, 2.05) is 0 Å². The average Bonchev–Trinajstić information content (AvgIpc) is 2.44. The number of carbonyl (C=O) groups is 1. The van der Waals surface area contributed by atoms with Gasteiger partial charge < -0.3 is 4.90 Å². The van der Waals surface area contributed by atoms with Crippen LogP contribution in [0.3, 0.4) is 0 Å². The van der Waals surface area contributed by atoms with Crippen LogP contribution in [0.25, 0.3) is 0 Å². The molecule has 2 unspecified atom stereocenters. The molecule has 0 amide bonds. The van der Waals surface area contributed by atoms with Crippen molar-refractivity contribution in [1.29, 1.82) is 0 Å². The van der Waals surface area contributed by atoms with Gasteiger partial charge in [-0.1, -0.05) is 12.8 Å². The standard InChI is InChI=1S/C15H25NO/c1-16(2)10-14(17)15-7-11-3-4-12(8-15)6-13(5-11)9-15/h11-13H,3-10H2,1-2H3/p+1/t11-,12+,13?,15?. The van der Waals surface area contributed by atoms with Crippen molar-refractivity contribution in [3.63, 3.8) is 0 Å². The normalized spacial score (nSPS) is 44.1. The van der Waals surface area contributed by atoms with E-state index in [2.05, 4.69) is 14.1 Å². The van der Waals surface area contributed by atoms with Gasteiger partial charge in [-0.05, 0) is 49.9 Å². The Hall–Kier alpha value is -0.370. The molecule has 4 atom stereocenters. The first-order valence-corrected chi connectivity index (χ1v) is 7.40. The van der Waals surface area contributed by atoms with Crippen LogP contribution in [-0.4, -0.2) is 26.4 Å². The van der Waals surface area contributed by atoms with Crippen molar-refractivity contribution in [2.24, 2.45) is 23.2 Å². The maximum Gasteiger partial charge on any atom is 0.192 e. The van der Waals surface area contributed by atoms with E-state index in [0.717, 1.165) is 24.3 Å². The summed E-state index contributed by atoms with van der Waals surface area (Å²) in [4.78, 5) is 13.9. The molecule has 4 saturated carbocycles. The summed E-state index contributed by atoms with van der Waals surface area (Å²) < 4.78 is 0. The molecule has 0 spiro atoms. The van der Waals surface area contributed by atoms with Crippen LogP contribution in [0.15, 0.2) is 0 Å². The molecule has 0 aromatic heterocycles. The van der Waals surface area contributed by atoms with Crippen LogP contribution in [0.2, 0.25) is 0 Å². The molecule has 0 aromatic carbocycles. The Labute approximate surface area is 105 Å². The second kappa shape index (κ2) is 4.08. The van der Waals surface area contributed by atoms with E-state index in [1.54, 1.807) is 0 Å². The second-order valence-electron chi connectivity index (χ2n) is 7.35. The molecule has 4 rings (SSSR count). The summed E-state index contributed by atoms with van der Waals surface area (Å²) in [5, 5.41) is 0. The number of quaternary nitrogens is 1. The van der Waals surface area contributed by atoms with Gasteiger partial charge in [0.15, 0.2) is 5.78 Å². The Bertz CT molecular complexity index is 307. The fraction of sp³-hybridized carbons (Fsp3) is 0.933. The number of carbonyl (C=O) groups excluding carboxylic acids is 1. The minimum absolute atomic E-state index is 0.115. The predicted molar refractivity (Wildman–Crippen MR) is 67.9 cm³/mol. The van der Waals surface area contributed by atoms with Crippen LogP contribution in [0.4, 0.5) is 0 Å². The number of ketones is 1. The topological polar surface area (TPSA) is 21.5 Å². The van der Waals surface area contributed by atoms with E-state index in [-0.39, 0.29) is 5.41 Å². The third-order valence-corrected chi connectivity index (χ3v) is 5.46. The van der Waals surface area contributed by atoms with Crippen molar-refractivity contribution in [1.82, 2.24) is 0 Å². The molecular weight excluding hydrogens is 210 g/mol. The van der Waals surface area contributed by atoms with Gasteiger partial charge in [0.25, 0.3) is 0 Å². The van der Waals surface area contributed by atoms with Gasteiger partial charge in [0.2, 0.25) is 0 Å². The zero-order valence-corrected chi connectivity index (χ0v) is 11.3. The highest BCUT2D eigenvalue weighted by Crippen LogP contribution is 2.57. The first-order valence-electron chi connectivity index (χ1n) is 7.40. The maximum absolute atomic E-state index is 12.6.